The Hall–Kier alpha value is -0.900. The van der Waals surface area contributed by atoms with Gasteiger partial charge in [0.15, 0.2) is 0 Å². The van der Waals surface area contributed by atoms with Gasteiger partial charge in [-0.3, -0.25) is 4.79 Å². The summed E-state index contributed by atoms with van der Waals surface area (Å²) in [6, 6.07) is 4.26. The topological polar surface area (TPSA) is 42.2 Å². The highest BCUT2D eigenvalue weighted by atomic mass is 32.2. The lowest BCUT2D eigenvalue weighted by Crippen LogP contribution is -2.39. The van der Waals surface area contributed by atoms with E-state index in [0.29, 0.717) is 17.2 Å². The third kappa shape index (κ3) is 2.83. The molecule has 3 nitrogen and oxygen atoms in total. The Bertz CT molecular complexity index is 431. The van der Waals surface area contributed by atoms with Crippen LogP contribution in [0.2, 0.25) is 0 Å². The van der Waals surface area contributed by atoms with Gasteiger partial charge in [-0.2, -0.15) is 11.8 Å². The molecule has 1 aromatic heterocycles. The summed E-state index contributed by atoms with van der Waals surface area (Å²) in [5.74, 6) is 2.78. The summed E-state index contributed by atoms with van der Waals surface area (Å²) in [5.41, 5.74) is 0. The Morgan fingerprint density at radius 1 is 1.53 bits per heavy atom. The van der Waals surface area contributed by atoms with Crippen LogP contribution in [-0.4, -0.2) is 23.0 Å². The van der Waals surface area contributed by atoms with Crippen LogP contribution < -0.4 is 5.32 Å². The minimum absolute atomic E-state index is 0.138. The highest BCUT2D eigenvalue weighted by Gasteiger charge is 2.46. The number of nitrogens with one attached hydrogen (secondary N) is 1. The zero-order valence-corrected chi connectivity index (χ0v) is 12.1. The van der Waals surface area contributed by atoms with Crippen molar-refractivity contribution in [3.05, 3.63) is 24.2 Å². The van der Waals surface area contributed by atoms with E-state index < -0.39 is 0 Å². The molecule has 104 valence electrons. The van der Waals surface area contributed by atoms with Crippen molar-refractivity contribution >= 4 is 17.7 Å². The molecule has 4 atom stereocenters. The molecular formula is C15H21NO2S. The minimum Gasteiger partial charge on any atom is -0.469 e. The first kappa shape index (κ1) is 13.1. The highest BCUT2D eigenvalue weighted by Crippen LogP contribution is 2.48. The Labute approximate surface area is 118 Å². The van der Waals surface area contributed by atoms with Crippen LogP contribution in [0.25, 0.3) is 0 Å². The molecule has 4 heteroatoms. The smallest absolute Gasteiger partial charge is 0.224 e. The van der Waals surface area contributed by atoms with Crippen molar-refractivity contribution < 1.29 is 9.21 Å². The van der Waals surface area contributed by atoms with Crippen LogP contribution in [0.1, 0.15) is 44.3 Å². The van der Waals surface area contributed by atoms with Crippen molar-refractivity contribution in [3.63, 3.8) is 0 Å². The van der Waals surface area contributed by atoms with E-state index in [1.165, 1.54) is 12.8 Å². The second-order valence-corrected chi connectivity index (χ2v) is 7.02. The van der Waals surface area contributed by atoms with E-state index in [1.54, 1.807) is 6.26 Å². The summed E-state index contributed by atoms with van der Waals surface area (Å²) in [6.45, 7) is 2.19. The molecule has 1 amide bonds. The van der Waals surface area contributed by atoms with Gasteiger partial charge in [-0.25, -0.2) is 0 Å². The Balaban J connectivity index is 1.52. The first-order valence-corrected chi connectivity index (χ1v) is 8.30. The summed E-state index contributed by atoms with van der Waals surface area (Å²) >= 11 is 1.99. The van der Waals surface area contributed by atoms with Crippen LogP contribution in [0.5, 0.6) is 0 Å². The second-order valence-electron chi connectivity index (χ2n) is 5.50. The van der Waals surface area contributed by atoms with Crippen LogP contribution in [0.3, 0.4) is 0 Å². The van der Waals surface area contributed by atoms with E-state index in [-0.39, 0.29) is 11.8 Å². The fraction of sp³-hybridized carbons (Fsp3) is 0.667. The first-order chi connectivity index (χ1) is 9.29. The van der Waals surface area contributed by atoms with Gasteiger partial charge in [0.05, 0.1) is 6.26 Å². The van der Waals surface area contributed by atoms with Crippen molar-refractivity contribution in [1.29, 1.82) is 0 Å². The summed E-state index contributed by atoms with van der Waals surface area (Å²) in [5, 5.41) is 3.89. The summed E-state index contributed by atoms with van der Waals surface area (Å²) < 4.78 is 5.38. The number of thioether (sulfide) groups is 1. The molecular weight excluding hydrogens is 258 g/mol. The maximum absolute atomic E-state index is 12.3. The predicted octanol–water partition coefficient (Wildman–Crippen LogP) is 3.17. The summed E-state index contributed by atoms with van der Waals surface area (Å²) in [4.78, 5) is 12.3. The van der Waals surface area contributed by atoms with Crippen molar-refractivity contribution in [1.82, 2.24) is 5.32 Å². The highest BCUT2D eigenvalue weighted by molar-refractivity contribution is 7.99. The van der Waals surface area contributed by atoms with E-state index in [0.717, 1.165) is 24.4 Å². The zero-order valence-electron chi connectivity index (χ0n) is 11.3. The number of furan rings is 1. The van der Waals surface area contributed by atoms with Gasteiger partial charge < -0.3 is 9.73 Å². The van der Waals surface area contributed by atoms with Gasteiger partial charge in [-0.1, -0.05) is 13.3 Å². The second kappa shape index (κ2) is 5.61. The summed E-state index contributed by atoms with van der Waals surface area (Å²) in [6.07, 6.45) is 6.26. The average Bonchev–Trinajstić information content (AvgIpc) is 2.83. The van der Waals surface area contributed by atoms with Gasteiger partial charge in [0.25, 0.3) is 0 Å². The molecule has 2 aliphatic rings. The molecule has 0 bridgehead atoms. The molecule has 1 N–H and O–H groups in total. The first-order valence-electron chi connectivity index (χ1n) is 7.25. The maximum Gasteiger partial charge on any atom is 0.224 e. The number of hydrogen-bond donors (Lipinski definition) is 1. The average molecular weight is 279 g/mol. The number of hydrogen-bond acceptors (Lipinski definition) is 3. The van der Waals surface area contributed by atoms with Gasteiger partial charge in [0.1, 0.15) is 5.76 Å². The standard InChI is InChI=1S/C15H21NO2S/c1-2-19-14-7-3-5-12(14)16-15(17)11-9-10(11)13-6-4-8-18-13/h4,6,8,10-12,14H,2-3,5,7,9H2,1H3,(H,16,17)/t10-,11+,12+,14-/m1/s1. The number of amides is 1. The monoisotopic (exact) mass is 279 g/mol. The lowest BCUT2D eigenvalue weighted by atomic mass is 10.2. The van der Waals surface area contributed by atoms with E-state index in [4.69, 9.17) is 4.42 Å². The van der Waals surface area contributed by atoms with Gasteiger partial charge in [0.2, 0.25) is 5.91 Å². The van der Waals surface area contributed by atoms with Gasteiger partial charge in [0, 0.05) is 23.1 Å². The van der Waals surface area contributed by atoms with Crippen LogP contribution in [0.15, 0.2) is 22.8 Å². The molecule has 19 heavy (non-hydrogen) atoms. The van der Waals surface area contributed by atoms with Crippen molar-refractivity contribution in [2.75, 3.05) is 5.75 Å². The van der Waals surface area contributed by atoms with E-state index in [9.17, 15) is 4.79 Å². The van der Waals surface area contributed by atoms with E-state index >= 15 is 0 Å². The Morgan fingerprint density at radius 2 is 2.42 bits per heavy atom. The fourth-order valence-electron chi connectivity index (χ4n) is 3.10. The van der Waals surface area contributed by atoms with E-state index in [1.807, 2.05) is 23.9 Å². The van der Waals surface area contributed by atoms with Gasteiger partial charge >= 0.3 is 0 Å². The summed E-state index contributed by atoms with van der Waals surface area (Å²) in [7, 11) is 0. The number of rotatable bonds is 5. The third-order valence-corrected chi connectivity index (χ3v) is 5.52. The minimum atomic E-state index is 0.138. The molecule has 0 radical (unpaired) electrons. The molecule has 0 saturated heterocycles. The molecule has 2 fully saturated rings. The maximum atomic E-state index is 12.3. The normalized spacial score (nSPS) is 33.3. The fourth-order valence-corrected chi connectivity index (χ4v) is 4.29. The molecule has 0 aromatic carbocycles. The molecule has 2 aliphatic carbocycles. The Morgan fingerprint density at radius 3 is 3.16 bits per heavy atom. The Kier molecular flexibility index (Phi) is 3.87. The van der Waals surface area contributed by atoms with Crippen LogP contribution in [0, 0.1) is 5.92 Å². The van der Waals surface area contributed by atoms with Gasteiger partial charge in [-0.05, 0) is 37.1 Å². The predicted molar refractivity (Wildman–Crippen MR) is 77.3 cm³/mol. The molecule has 0 spiro atoms. The van der Waals surface area contributed by atoms with Crippen molar-refractivity contribution in [3.8, 4) is 0 Å². The van der Waals surface area contributed by atoms with Crippen LogP contribution >= 0.6 is 11.8 Å². The molecule has 3 rings (SSSR count). The number of carbonyl (C=O) groups excluding carboxylic acids is 1. The van der Waals surface area contributed by atoms with Crippen molar-refractivity contribution in [2.45, 2.75) is 49.8 Å². The third-order valence-electron chi connectivity index (χ3n) is 4.20. The van der Waals surface area contributed by atoms with E-state index in [2.05, 4.69) is 12.2 Å². The largest absolute Gasteiger partial charge is 0.469 e. The molecule has 1 aromatic rings. The lowest BCUT2D eigenvalue weighted by molar-refractivity contribution is -0.123. The molecule has 0 unspecified atom stereocenters. The van der Waals surface area contributed by atoms with Gasteiger partial charge in [-0.15, -0.1) is 0 Å². The molecule has 2 saturated carbocycles. The SMILES string of the molecule is CCS[C@@H]1CCC[C@@H]1NC(=O)[C@H]1C[C@H]1c1ccco1. The van der Waals surface area contributed by atoms with Crippen LogP contribution in [-0.2, 0) is 4.79 Å². The zero-order chi connectivity index (χ0) is 13.2. The number of carbonyl (C=O) groups is 1. The van der Waals surface area contributed by atoms with Crippen molar-refractivity contribution in [2.24, 2.45) is 5.92 Å². The molecule has 1 heterocycles. The quantitative estimate of drug-likeness (QED) is 0.900. The van der Waals surface area contributed by atoms with Crippen LogP contribution in [0.4, 0.5) is 0 Å². The molecule has 0 aliphatic heterocycles. The lowest BCUT2D eigenvalue weighted by Gasteiger charge is -2.20.